The molecule has 2 heterocycles. The van der Waals surface area contributed by atoms with Gasteiger partial charge in [-0.05, 0) is 13.8 Å². The Morgan fingerprint density at radius 3 is 2.67 bits per heavy atom. The van der Waals surface area contributed by atoms with Crippen LogP contribution in [0.4, 0.5) is 5.69 Å². The van der Waals surface area contributed by atoms with Crippen molar-refractivity contribution in [2.75, 3.05) is 12.4 Å². The molecular formula is C12H16N6O3. The van der Waals surface area contributed by atoms with Crippen molar-refractivity contribution in [3.63, 3.8) is 0 Å². The van der Waals surface area contributed by atoms with Crippen LogP contribution in [0.15, 0.2) is 6.20 Å². The molecule has 0 radical (unpaired) electrons. The number of methoxy groups -OCH3 is 1. The smallest absolute Gasteiger partial charge is 0.360 e. The summed E-state index contributed by atoms with van der Waals surface area (Å²) in [6.07, 6.45) is 1.36. The first-order valence-corrected chi connectivity index (χ1v) is 6.21. The van der Waals surface area contributed by atoms with Gasteiger partial charge in [0.05, 0.1) is 30.4 Å². The first kappa shape index (κ1) is 14.7. The number of amides is 1. The molecule has 0 aromatic carbocycles. The maximum absolute atomic E-state index is 12.0. The number of carbonyl (C=O) groups excluding carboxylic acids is 2. The zero-order valence-corrected chi connectivity index (χ0v) is 12.2. The van der Waals surface area contributed by atoms with Crippen molar-refractivity contribution in [3.05, 3.63) is 23.3 Å². The van der Waals surface area contributed by atoms with Gasteiger partial charge in [-0.2, -0.15) is 5.10 Å². The molecule has 0 atom stereocenters. The number of nitrogens with one attached hydrogen (secondary N) is 1. The summed E-state index contributed by atoms with van der Waals surface area (Å²) in [5, 5.41) is 14.3. The van der Waals surface area contributed by atoms with E-state index in [1.54, 1.807) is 11.7 Å². The van der Waals surface area contributed by atoms with E-state index in [-0.39, 0.29) is 18.1 Å². The monoisotopic (exact) mass is 292 g/mol. The van der Waals surface area contributed by atoms with Crippen LogP contribution in [-0.2, 0) is 23.1 Å². The third-order valence-electron chi connectivity index (χ3n) is 3.01. The maximum Gasteiger partial charge on any atom is 0.360 e. The lowest BCUT2D eigenvalue weighted by Gasteiger charge is -2.05. The summed E-state index contributed by atoms with van der Waals surface area (Å²) in [6.45, 7) is 3.62. The molecule has 0 saturated carbocycles. The van der Waals surface area contributed by atoms with Crippen molar-refractivity contribution in [2.45, 2.75) is 20.4 Å². The van der Waals surface area contributed by atoms with E-state index in [9.17, 15) is 9.59 Å². The molecular weight excluding hydrogens is 276 g/mol. The third kappa shape index (κ3) is 3.07. The van der Waals surface area contributed by atoms with Crippen LogP contribution in [0.25, 0.3) is 0 Å². The van der Waals surface area contributed by atoms with E-state index >= 15 is 0 Å². The summed E-state index contributed by atoms with van der Waals surface area (Å²) in [6, 6.07) is 0. The minimum Gasteiger partial charge on any atom is -0.464 e. The third-order valence-corrected chi connectivity index (χ3v) is 3.01. The van der Waals surface area contributed by atoms with E-state index in [0.29, 0.717) is 5.69 Å². The molecule has 0 saturated heterocycles. The number of aryl methyl sites for hydroxylation is 2. The van der Waals surface area contributed by atoms with Gasteiger partial charge in [0.25, 0.3) is 0 Å². The number of hydrogen-bond donors (Lipinski definition) is 1. The van der Waals surface area contributed by atoms with Gasteiger partial charge in [0.1, 0.15) is 6.54 Å². The Hall–Kier alpha value is -2.71. The van der Waals surface area contributed by atoms with E-state index in [1.807, 2.05) is 13.8 Å². The van der Waals surface area contributed by atoms with Crippen molar-refractivity contribution in [3.8, 4) is 0 Å². The van der Waals surface area contributed by atoms with E-state index in [2.05, 4.69) is 25.5 Å². The average molecular weight is 292 g/mol. The fourth-order valence-electron chi connectivity index (χ4n) is 1.85. The molecule has 112 valence electrons. The molecule has 21 heavy (non-hydrogen) atoms. The Bertz CT molecular complexity index is 687. The fraction of sp³-hybridized carbons (Fsp3) is 0.417. The van der Waals surface area contributed by atoms with Gasteiger partial charge in [0.2, 0.25) is 5.91 Å². The highest BCUT2D eigenvalue weighted by Gasteiger charge is 2.15. The van der Waals surface area contributed by atoms with Gasteiger partial charge in [-0.1, -0.05) is 5.21 Å². The van der Waals surface area contributed by atoms with E-state index < -0.39 is 5.97 Å². The normalized spacial score (nSPS) is 10.5. The largest absolute Gasteiger partial charge is 0.464 e. The Labute approximate surface area is 120 Å². The number of nitrogens with zero attached hydrogens (tertiary/aromatic N) is 5. The molecule has 0 spiro atoms. The number of anilines is 1. The van der Waals surface area contributed by atoms with Crippen LogP contribution < -0.4 is 5.32 Å². The molecule has 2 aromatic rings. The molecule has 0 bridgehead atoms. The first-order valence-electron chi connectivity index (χ1n) is 6.21. The Morgan fingerprint density at radius 1 is 1.38 bits per heavy atom. The number of aromatic nitrogens is 5. The molecule has 2 aromatic heterocycles. The lowest BCUT2D eigenvalue weighted by atomic mass is 10.3. The second-order valence-corrected chi connectivity index (χ2v) is 4.51. The first-order chi connectivity index (χ1) is 9.92. The van der Waals surface area contributed by atoms with E-state index in [4.69, 9.17) is 0 Å². The highest BCUT2D eigenvalue weighted by atomic mass is 16.5. The lowest BCUT2D eigenvalue weighted by Crippen LogP contribution is -2.20. The number of rotatable bonds is 4. The van der Waals surface area contributed by atoms with Gasteiger partial charge in [-0.25, -0.2) is 9.48 Å². The molecule has 0 fully saturated rings. The van der Waals surface area contributed by atoms with Gasteiger partial charge in [0, 0.05) is 7.05 Å². The van der Waals surface area contributed by atoms with Crippen molar-refractivity contribution in [2.24, 2.45) is 7.05 Å². The molecule has 2 rings (SSSR count). The molecule has 1 amide bonds. The highest BCUT2D eigenvalue weighted by molar-refractivity contribution is 5.92. The van der Waals surface area contributed by atoms with Gasteiger partial charge in [0.15, 0.2) is 5.69 Å². The lowest BCUT2D eigenvalue weighted by molar-refractivity contribution is -0.116. The summed E-state index contributed by atoms with van der Waals surface area (Å²) in [5.74, 6) is -0.879. The van der Waals surface area contributed by atoms with Crippen LogP contribution in [0.2, 0.25) is 0 Å². The van der Waals surface area contributed by atoms with Gasteiger partial charge < -0.3 is 10.1 Å². The van der Waals surface area contributed by atoms with Crippen LogP contribution in [0.5, 0.6) is 0 Å². The summed E-state index contributed by atoms with van der Waals surface area (Å²) < 4.78 is 7.47. The zero-order valence-electron chi connectivity index (χ0n) is 12.2. The Balaban J connectivity index is 2.05. The summed E-state index contributed by atoms with van der Waals surface area (Å²) in [5.41, 5.74) is 2.32. The van der Waals surface area contributed by atoms with Crippen LogP contribution >= 0.6 is 0 Å². The maximum atomic E-state index is 12.0. The molecule has 9 nitrogen and oxygen atoms in total. The minimum atomic E-state index is -0.597. The van der Waals surface area contributed by atoms with Crippen LogP contribution in [-0.4, -0.2) is 43.8 Å². The summed E-state index contributed by atoms with van der Waals surface area (Å²) >= 11 is 0. The molecule has 1 N–H and O–H groups in total. The van der Waals surface area contributed by atoms with Gasteiger partial charge >= 0.3 is 5.97 Å². The topological polar surface area (TPSA) is 104 Å². The molecule has 0 aliphatic rings. The van der Waals surface area contributed by atoms with Gasteiger partial charge in [-0.15, -0.1) is 5.10 Å². The Morgan fingerprint density at radius 2 is 2.10 bits per heavy atom. The van der Waals surface area contributed by atoms with Crippen LogP contribution in [0, 0.1) is 13.8 Å². The summed E-state index contributed by atoms with van der Waals surface area (Å²) in [7, 11) is 3.06. The molecule has 0 unspecified atom stereocenters. The van der Waals surface area contributed by atoms with Crippen molar-refractivity contribution < 1.29 is 14.3 Å². The highest BCUT2D eigenvalue weighted by Crippen LogP contribution is 2.18. The van der Waals surface area contributed by atoms with Gasteiger partial charge in [-0.3, -0.25) is 9.48 Å². The van der Waals surface area contributed by atoms with Crippen LogP contribution in [0.3, 0.4) is 0 Å². The number of esters is 1. The molecule has 9 heteroatoms. The summed E-state index contributed by atoms with van der Waals surface area (Å²) in [4.78, 5) is 23.2. The minimum absolute atomic E-state index is 0.0547. The van der Waals surface area contributed by atoms with Crippen molar-refractivity contribution >= 4 is 17.6 Å². The predicted molar refractivity (Wildman–Crippen MR) is 72.7 cm³/mol. The van der Waals surface area contributed by atoms with Crippen molar-refractivity contribution in [1.29, 1.82) is 0 Å². The fourth-order valence-corrected chi connectivity index (χ4v) is 1.85. The van der Waals surface area contributed by atoms with E-state index in [0.717, 1.165) is 11.4 Å². The Kier molecular flexibility index (Phi) is 4.01. The number of carbonyl (C=O) groups is 2. The second kappa shape index (κ2) is 5.73. The standard InChI is InChI=1S/C12H16N6O3/c1-7-11(8(2)17(3)15-7)13-10(19)6-18-5-9(14-16-18)12(20)21-4/h5H,6H2,1-4H3,(H,13,19). The number of hydrogen-bond acceptors (Lipinski definition) is 6. The van der Waals surface area contributed by atoms with Crippen LogP contribution in [0.1, 0.15) is 21.9 Å². The molecule has 0 aliphatic carbocycles. The van der Waals surface area contributed by atoms with Crippen molar-refractivity contribution in [1.82, 2.24) is 24.8 Å². The van der Waals surface area contributed by atoms with E-state index in [1.165, 1.54) is 18.0 Å². The second-order valence-electron chi connectivity index (χ2n) is 4.51. The average Bonchev–Trinajstić information content (AvgIpc) is 2.99. The quantitative estimate of drug-likeness (QED) is 0.799. The zero-order chi connectivity index (χ0) is 15.6. The predicted octanol–water partition coefficient (Wildman–Crippen LogP) is 0.0537. The SMILES string of the molecule is COC(=O)c1cn(CC(=O)Nc2c(C)nn(C)c2C)nn1. The number of ether oxygens (including phenoxy) is 1. The molecule has 0 aliphatic heterocycles.